The first kappa shape index (κ1) is 7.78. The lowest BCUT2D eigenvalue weighted by molar-refractivity contribution is 0.485. The van der Waals surface area contributed by atoms with Gasteiger partial charge in [0.15, 0.2) is 0 Å². The van der Waals surface area contributed by atoms with Crippen molar-refractivity contribution in [2.75, 3.05) is 0 Å². The molecule has 0 aromatic carbocycles. The molecular weight excluding hydrogens is 146 g/mol. The van der Waals surface area contributed by atoms with Crippen LogP contribution in [0.25, 0.3) is 0 Å². The van der Waals surface area contributed by atoms with Gasteiger partial charge in [0.2, 0.25) is 0 Å². The van der Waals surface area contributed by atoms with E-state index in [9.17, 15) is 0 Å². The summed E-state index contributed by atoms with van der Waals surface area (Å²) in [6, 6.07) is 4.29. The fourth-order valence-corrected chi connectivity index (χ4v) is 2.33. The van der Waals surface area contributed by atoms with Crippen LogP contribution in [-0.4, -0.2) is 4.98 Å². The molecule has 0 bridgehead atoms. The van der Waals surface area contributed by atoms with Crippen LogP contribution in [0.3, 0.4) is 0 Å². The van der Waals surface area contributed by atoms with Gasteiger partial charge in [0.1, 0.15) is 0 Å². The molecular formula is C11H15N. The number of hydrogen-bond acceptors (Lipinski definition) is 1. The van der Waals surface area contributed by atoms with Gasteiger partial charge in [-0.25, -0.2) is 0 Å². The van der Waals surface area contributed by atoms with Gasteiger partial charge in [-0.15, -0.1) is 0 Å². The van der Waals surface area contributed by atoms with E-state index >= 15 is 0 Å². The molecule has 1 nitrogen and oxygen atoms in total. The lowest BCUT2D eigenvalue weighted by Crippen LogP contribution is -2.01. The van der Waals surface area contributed by atoms with Crippen molar-refractivity contribution < 1.29 is 0 Å². The van der Waals surface area contributed by atoms with Gasteiger partial charge in [0, 0.05) is 11.9 Å². The third-order valence-corrected chi connectivity index (χ3v) is 2.97. The van der Waals surface area contributed by atoms with E-state index in [0.29, 0.717) is 0 Å². The molecule has 1 heterocycles. The van der Waals surface area contributed by atoms with E-state index in [1.165, 1.54) is 24.1 Å². The van der Waals surface area contributed by atoms with Crippen LogP contribution in [0.15, 0.2) is 18.3 Å². The molecule has 0 saturated carbocycles. The van der Waals surface area contributed by atoms with Crippen LogP contribution in [0.2, 0.25) is 0 Å². The molecule has 2 unspecified atom stereocenters. The van der Waals surface area contributed by atoms with Crippen molar-refractivity contribution in [2.24, 2.45) is 5.92 Å². The monoisotopic (exact) mass is 161 g/mol. The van der Waals surface area contributed by atoms with Crippen LogP contribution in [0.5, 0.6) is 0 Å². The summed E-state index contributed by atoms with van der Waals surface area (Å²) in [5, 5.41) is 0. The Kier molecular flexibility index (Phi) is 1.87. The zero-order valence-electron chi connectivity index (χ0n) is 7.75. The normalized spacial score (nSPS) is 27.2. The Morgan fingerprint density at radius 2 is 2.42 bits per heavy atom. The Morgan fingerprint density at radius 3 is 3.17 bits per heavy atom. The van der Waals surface area contributed by atoms with Crippen LogP contribution in [0.4, 0.5) is 0 Å². The summed E-state index contributed by atoms with van der Waals surface area (Å²) >= 11 is 0. The number of fused-ring (bicyclic) bond motifs is 1. The number of pyridine rings is 1. The Morgan fingerprint density at radius 1 is 1.58 bits per heavy atom. The van der Waals surface area contributed by atoms with Gasteiger partial charge in [0.25, 0.3) is 0 Å². The molecule has 0 aliphatic heterocycles. The van der Waals surface area contributed by atoms with Gasteiger partial charge >= 0.3 is 0 Å². The van der Waals surface area contributed by atoms with Gasteiger partial charge < -0.3 is 0 Å². The first-order chi connectivity index (χ1) is 5.83. The molecule has 2 rings (SSSR count). The van der Waals surface area contributed by atoms with E-state index < -0.39 is 0 Å². The molecule has 12 heavy (non-hydrogen) atoms. The smallest absolute Gasteiger partial charge is 0.0441 e. The average molecular weight is 161 g/mol. The Hall–Kier alpha value is -0.850. The first-order valence-electron chi connectivity index (χ1n) is 4.76. The molecule has 0 radical (unpaired) electrons. The minimum absolute atomic E-state index is 0.758. The standard InChI is InChI=1S/C11H15N/c1-3-9-8(2)7-11-10(9)5-4-6-12-11/h4-6,8-9H,3,7H2,1-2H3. The highest BCUT2D eigenvalue weighted by molar-refractivity contribution is 5.30. The maximum Gasteiger partial charge on any atom is 0.0441 e. The van der Waals surface area contributed by atoms with Crippen molar-refractivity contribution in [1.82, 2.24) is 4.98 Å². The lowest BCUT2D eigenvalue weighted by Gasteiger charge is -2.12. The van der Waals surface area contributed by atoms with E-state index in [1.807, 2.05) is 6.20 Å². The quantitative estimate of drug-likeness (QED) is 0.617. The Bertz CT molecular complexity index is 280. The van der Waals surface area contributed by atoms with Gasteiger partial charge in [-0.1, -0.05) is 19.9 Å². The second-order valence-corrected chi connectivity index (χ2v) is 3.74. The summed E-state index contributed by atoms with van der Waals surface area (Å²) in [4.78, 5) is 4.41. The van der Waals surface area contributed by atoms with Crippen molar-refractivity contribution in [3.05, 3.63) is 29.6 Å². The van der Waals surface area contributed by atoms with E-state index in [-0.39, 0.29) is 0 Å². The third-order valence-electron chi connectivity index (χ3n) is 2.97. The Labute approximate surface area is 73.8 Å². The fraction of sp³-hybridized carbons (Fsp3) is 0.545. The maximum absolute atomic E-state index is 4.41. The minimum Gasteiger partial charge on any atom is -0.261 e. The molecule has 2 atom stereocenters. The van der Waals surface area contributed by atoms with Gasteiger partial charge in [-0.3, -0.25) is 4.98 Å². The van der Waals surface area contributed by atoms with Gasteiger partial charge in [-0.05, 0) is 36.3 Å². The van der Waals surface area contributed by atoms with Crippen LogP contribution >= 0.6 is 0 Å². The highest BCUT2D eigenvalue weighted by Crippen LogP contribution is 2.38. The predicted molar refractivity (Wildman–Crippen MR) is 50.1 cm³/mol. The molecule has 1 aromatic heterocycles. The zero-order valence-corrected chi connectivity index (χ0v) is 7.75. The molecule has 0 spiro atoms. The second kappa shape index (κ2) is 2.89. The summed E-state index contributed by atoms with van der Waals surface area (Å²) < 4.78 is 0. The second-order valence-electron chi connectivity index (χ2n) is 3.74. The lowest BCUT2D eigenvalue weighted by atomic mass is 9.92. The largest absolute Gasteiger partial charge is 0.261 e. The van der Waals surface area contributed by atoms with Crippen LogP contribution < -0.4 is 0 Å². The molecule has 0 N–H and O–H groups in total. The van der Waals surface area contributed by atoms with Crippen molar-refractivity contribution in [1.29, 1.82) is 0 Å². The summed E-state index contributed by atoms with van der Waals surface area (Å²) in [5.74, 6) is 1.55. The molecule has 1 aliphatic rings. The van der Waals surface area contributed by atoms with E-state index in [0.717, 1.165) is 11.8 Å². The number of aromatic nitrogens is 1. The molecule has 1 heteroatoms. The molecule has 1 aromatic rings. The van der Waals surface area contributed by atoms with Crippen molar-refractivity contribution in [2.45, 2.75) is 32.6 Å². The van der Waals surface area contributed by atoms with Crippen LogP contribution in [-0.2, 0) is 6.42 Å². The summed E-state index contributed by atoms with van der Waals surface area (Å²) in [5.41, 5.74) is 2.82. The maximum atomic E-state index is 4.41. The summed E-state index contributed by atoms with van der Waals surface area (Å²) in [6.07, 6.45) is 4.33. The van der Waals surface area contributed by atoms with E-state index in [2.05, 4.69) is 31.0 Å². The minimum atomic E-state index is 0.758. The van der Waals surface area contributed by atoms with Crippen molar-refractivity contribution in [3.63, 3.8) is 0 Å². The van der Waals surface area contributed by atoms with Crippen LogP contribution in [0.1, 0.15) is 37.4 Å². The van der Waals surface area contributed by atoms with Crippen LogP contribution in [0, 0.1) is 5.92 Å². The van der Waals surface area contributed by atoms with Crippen molar-refractivity contribution in [3.8, 4) is 0 Å². The zero-order chi connectivity index (χ0) is 8.55. The highest BCUT2D eigenvalue weighted by Gasteiger charge is 2.28. The van der Waals surface area contributed by atoms with E-state index in [4.69, 9.17) is 0 Å². The topological polar surface area (TPSA) is 12.9 Å². The first-order valence-corrected chi connectivity index (χ1v) is 4.76. The highest BCUT2D eigenvalue weighted by atomic mass is 14.7. The Balaban J connectivity index is 2.40. The van der Waals surface area contributed by atoms with Gasteiger partial charge in [-0.2, -0.15) is 0 Å². The number of hydrogen-bond donors (Lipinski definition) is 0. The van der Waals surface area contributed by atoms with Gasteiger partial charge in [0.05, 0.1) is 0 Å². The number of nitrogens with zero attached hydrogens (tertiary/aromatic N) is 1. The average Bonchev–Trinajstić information content (AvgIpc) is 2.40. The molecule has 64 valence electrons. The third kappa shape index (κ3) is 1.04. The molecule has 1 aliphatic carbocycles. The number of rotatable bonds is 1. The van der Waals surface area contributed by atoms with Crippen molar-refractivity contribution >= 4 is 0 Å². The molecule has 0 fully saturated rings. The molecule has 0 saturated heterocycles. The summed E-state index contributed by atoms with van der Waals surface area (Å²) in [6.45, 7) is 4.60. The summed E-state index contributed by atoms with van der Waals surface area (Å²) in [7, 11) is 0. The van der Waals surface area contributed by atoms with E-state index in [1.54, 1.807) is 0 Å². The fourth-order valence-electron chi connectivity index (χ4n) is 2.33. The predicted octanol–water partition coefficient (Wildman–Crippen LogP) is 2.77. The SMILES string of the molecule is CCC1c2cccnc2CC1C. The molecule has 0 amide bonds.